The van der Waals surface area contributed by atoms with E-state index >= 15 is 0 Å². The van der Waals surface area contributed by atoms with Crippen molar-refractivity contribution < 1.29 is 57.7 Å². The third-order valence-corrected chi connectivity index (χ3v) is 27.9. The molecule has 5 aromatic rings. The molecule has 6 saturated heterocycles. The van der Waals surface area contributed by atoms with Crippen LogP contribution in [0.15, 0.2) is 146 Å². The summed E-state index contributed by atoms with van der Waals surface area (Å²) in [5.74, 6) is -1.08. The predicted octanol–water partition coefficient (Wildman–Crippen LogP) is 14.8. The minimum Gasteiger partial charge on any atom is -0.342 e. The molecule has 0 aromatic heterocycles. The summed E-state index contributed by atoms with van der Waals surface area (Å²) in [6, 6.07) is 43.5. The van der Waals surface area contributed by atoms with Crippen LogP contribution in [-0.4, -0.2) is 201 Å². The Morgan fingerprint density at radius 3 is 1.27 bits per heavy atom. The number of anilines is 3. The summed E-state index contributed by atoms with van der Waals surface area (Å²) in [5.41, 5.74) is 8.04. The number of urea groups is 3. The molecule has 10 aliphatic rings. The van der Waals surface area contributed by atoms with Crippen molar-refractivity contribution >= 4 is 106 Å². The number of carbonyl (C=O) groups is 9. The number of hydrogen-bond acceptors (Lipinski definition) is 12. The fraction of sp³-hybridized carbons (Fsp3) is 0.506. The van der Waals surface area contributed by atoms with E-state index in [9.17, 15) is 56.3 Å². The largest absolute Gasteiger partial charge is 0.391 e. The monoisotopic (exact) mass is 1560 g/mol. The highest BCUT2D eigenvalue weighted by Crippen LogP contribution is 2.55. The van der Waals surface area contributed by atoms with Crippen molar-refractivity contribution in [1.82, 2.24) is 44.1 Å². The summed E-state index contributed by atoms with van der Waals surface area (Å²) in [6.45, 7) is 18.1. The van der Waals surface area contributed by atoms with Gasteiger partial charge in [0.15, 0.2) is 0 Å². The highest BCUT2D eigenvalue weighted by Gasteiger charge is 2.56. The molecule has 1 aliphatic carbocycles. The van der Waals surface area contributed by atoms with E-state index < -0.39 is 27.5 Å². The summed E-state index contributed by atoms with van der Waals surface area (Å²) in [6.07, 6.45) is 3.73. The number of halogens is 3. The molecule has 9 heterocycles. The molecule has 0 bridgehead atoms. The third kappa shape index (κ3) is 17.9. The number of hydrogen-bond donors (Lipinski definition) is 3. The molecule has 5 aromatic carbocycles. The Morgan fingerprint density at radius 1 is 0.509 bits per heavy atom. The molecule has 5 atom stereocenters. The number of nitrogens with one attached hydrogen (secondary N) is 3. The lowest BCUT2D eigenvalue weighted by atomic mass is 9.84. The molecule has 27 heteroatoms. The number of alkyl halides is 3. The van der Waals surface area contributed by atoms with Crippen molar-refractivity contribution in [2.45, 2.75) is 199 Å². The molecular weight excluding hydrogens is 1460 g/mol. The number of likely N-dealkylation sites (tertiary alicyclic amines) is 3. The first-order valence-electron chi connectivity index (χ1n) is 38.9. The number of para-hydroxylation sites is 3. The van der Waals surface area contributed by atoms with Crippen molar-refractivity contribution in [1.29, 1.82) is 0 Å². The van der Waals surface area contributed by atoms with Crippen LogP contribution in [0.25, 0.3) is 0 Å². The van der Waals surface area contributed by atoms with Gasteiger partial charge in [0.2, 0.25) is 35.4 Å². The summed E-state index contributed by atoms with van der Waals surface area (Å²) in [7, 11) is 0. The number of thioether (sulfide) groups is 3. The summed E-state index contributed by atoms with van der Waals surface area (Å²) in [5, 5.41) is 7.43. The lowest BCUT2D eigenvalue weighted by molar-refractivity contribution is -0.185. The second-order valence-electron chi connectivity index (χ2n) is 31.0. The molecule has 7 fully saturated rings. The molecule has 9 aliphatic heterocycles. The van der Waals surface area contributed by atoms with Gasteiger partial charge in [-0.15, -0.1) is 41.9 Å². The maximum atomic E-state index is 13.5. The van der Waals surface area contributed by atoms with Crippen LogP contribution >= 0.6 is 35.3 Å². The molecule has 1 spiro atoms. The van der Waals surface area contributed by atoms with Crippen LogP contribution in [0.2, 0.25) is 0 Å². The van der Waals surface area contributed by atoms with E-state index in [0.717, 1.165) is 77.0 Å². The van der Waals surface area contributed by atoms with Gasteiger partial charge in [-0.2, -0.15) is 13.2 Å². The molecule has 1 saturated carbocycles. The number of nitrogens with zero attached hydrogens (tertiary/aromatic N) is 9. The Hall–Kier alpha value is -8.69. The van der Waals surface area contributed by atoms with Crippen LogP contribution < -0.4 is 16.0 Å². The van der Waals surface area contributed by atoms with Crippen molar-refractivity contribution in [2.75, 3.05) is 68.3 Å². The normalized spacial score (nSPS) is 24.7. The highest BCUT2D eigenvalue weighted by molar-refractivity contribution is 8.02. The highest BCUT2D eigenvalue weighted by atomic mass is 32.2. The molecule has 15 rings (SSSR count). The average Bonchev–Trinajstić information content (AvgIpc) is 1.61. The Bertz CT molecular complexity index is 4180. The topological polar surface area (TPSA) is 219 Å². The molecular formula is C83H103F3N12O9S3. The number of carbonyl (C=O) groups excluding carboxylic acids is 9. The van der Waals surface area contributed by atoms with Crippen molar-refractivity contribution in [3.8, 4) is 0 Å². The zero-order chi connectivity index (χ0) is 77.5. The van der Waals surface area contributed by atoms with Gasteiger partial charge in [-0.3, -0.25) is 28.8 Å². The Morgan fingerprint density at radius 2 is 0.882 bits per heavy atom. The van der Waals surface area contributed by atoms with E-state index in [2.05, 4.69) is 36.4 Å². The fourth-order valence-corrected chi connectivity index (χ4v) is 21.9. The number of benzene rings is 5. The molecule has 0 radical (unpaired) electrons. The van der Waals surface area contributed by atoms with Gasteiger partial charge < -0.3 is 60.0 Å². The van der Waals surface area contributed by atoms with Gasteiger partial charge in [0.05, 0.1) is 26.5 Å². The van der Waals surface area contributed by atoms with Gasteiger partial charge >= 0.3 is 24.3 Å². The standard InChI is InChI=1S/C29H39F3N4O3S.C27H32N4O3S.C27H30N4O3S.H2/c1-19(2)9-16-36-26(38)24(40-28(36)12-7-21(8-13-28)29(30,31)32)17-25(37)34-14-10-22(11-15-34)35-18-20-5-3-4-6-23(20)33-27(35)39;1-18(2)31-25(33)23(35-26(31)19-8-4-3-5-9-19)16-24(32)29-14-12-21(13-15-29)30-17-20-10-6-7-11-22(20)28-27(30)34;1-2-14-30-25(33)23(35-26(30)19-8-4-3-5-9-19)17-24(32)29-15-12-21(13-16-29)31-18-20-10-6-7-11-22(20)28-27(31)34;/h3-6,19,21-22,24H,7-18H2,1-2H3,(H,33,39);3-11,18,21,23,26H,12-17H2,1-2H3,(H,28,34);2-11,21,23,26H,1,12-18H2,(H,28,34);1H. The van der Waals surface area contributed by atoms with E-state index in [1.165, 1.54) is 11.8 Å². The lowest BCUT2D eigenvalue weighted by Gasteiger charge is -2.43. The van der Waals surface area contributed by atoms with E-state index in [1.807, 2.05) is 182 Å². The minimum atomic E-state index is -4.21. The van der Waals surface area contributed by atoms with E-state index in [4.69, 9.17) is 0 Å². The van der Waals surface area contributed by atoms with Crippen LogP contribution in [0.4, 0.5) is 44.6 Å². The van der Waals surface area contributed by atoms with Crippen LogP contribution in [0.5, 0.6) is 0 Å². The summed E-state index contributed by atoms with van der Waals surface area (Å²) >= 11 is 4.56. The van der Waals surface area contributed by atoms with E-state index in [-0.39, 0.29) is 127 Å². The second kappa shape index (κ2) is 34.9. The Labute approximate surface area is 657 Å². The van der Waals surface area contributed by atoms with Crippen LogP contribution in [0, 0.1) is 11.8 Å². The summed E-state index contributed by atoms with van der Waals surface area (Å²) < 4.78 is 40.1. The molecule has 588 valence electrons. The Balaban J connectivity index is 0.000000154. The number of fused-ring (bicyclic) bond motifs is 3. The van der Waals surface area contributed by atoms with Crippen LogP contribution in [0.1, 0.15) is 158 Å². The van der Waals surface area contributed by atoms with Gasteiger partial charge in [-0.05, 0) is 136 Å². The number of rotatable bonds is 17. The lowest BCUT2D eigenvalue weighted by Crippen LogP contribution is -2.51. The minimum absolute atomic E-state index is 0. The summed E-state index contributed by atoms with van der Waals surface area (Å²) in [4.78, 5) is 134. The number of piperidine rings is 3. The van der Waals surface area contributed by atoms with E-state index in [0.29, 0.717) is 104 Å². The van der Waals surface area contributed by atoms with Crippen molar-refractivity contribution in [3.63, 3.8) is 0 Å². The van der Waals surface area contributed by atoms with E-state index in [1.54, 1.807) is 39.4 Å². The second-order valence-corrected chi connectivity index (χ2v) is 35.2. The third-order valence-electron chi connectivity index (χ3n) is 23.3. The smallest absolute Gasteiger partial charge is 0.342 e. The van der Waals surface area contributed by atoms with Crippen LogP contribution in [-0.2, 0) is 48.4 Å². The molecule has 3 N–H and O–H groups in total. The molecule has 21 nitrogen and oxygen atoms in total. The number of amides is 12. The van der Waals surface area contributed by atoms with Crippen molar-refractivity contribution in [2.24, 2.45) is 11.8 Å². The van der Waals surface area contributed by atoms with Gasteiger partial charge in [0, 0.05) is 134 Å². The van der Waals surface area contributed by atoms with Gasteiger partial charge in [0.1, 0.15) is 10.7 Å². The van der Waals surface area contributed by atoms with Crippen molar-refractivity contribution in [3.05, 3.63) is 174 Å². The fourth-order valence-electron chi connectivity index (χ4n) is 17.1. The zero-order valence-corrected chi connectivity index (χ0v) is 65.5. The SMILES string of the molecule is C=CCN1C(=O)C(CC(=O)N2CCC(N3Cc4ccccc4NC3=O)CC2)SC1c1ccccc1.CC(C)CCN1C(=O)C(CC(=O)N2CCC(N3Cc4ccccc4NC3=O)CC2)SC12CCC(C(F)(F)F)CC2.CC(C)N1C(=O)C(CC(=O)N2CCC(N3Cc4ccccc4NC3=O)CC2)SC1c1ccccc1.[HH]. The molecule has 110 heavy (non-hydrogen) atoms. The molecule has 12 amide bonds. The first-order valence-corrected chi connectivity index (χ1v) is 41.7. The maximum absolute atomic E-state index is 13.5. The quantitative estimate of drug-likeness (QED) is 0.0741. The van der Waals surface area contributed by atoms with Crippen LogP contribution in [0.3, 0.4) is 0 Å². The first kappa shape index (κ1) is 79.4. The van der Waals surface area contributed by atoms with Gasteiger partial charge in [-0.1, -0.05) is 135 Å². The zero-order valence-electron chi connectivity index (χ0n) is 63.1. The average molecular weight is 1570 g/mol. The predicted molar refractivity (Wildman–Crippen MR) is 426 cm³/mol. The Kier molecular flexibility index (Phi) is 25.2. The molecule has 5 unspecified atom stereocenters. The van der Waals surface area contributed by atoms with Gasteiger partial charge in [0.25, 0.3) is 0 Å². The van der Waals surface area contributed by atoms with Gasteiger partial charge in [-0.25, -0.2) is 14.4 Å². The maximum Gasteiger partial charge on any atom is 0.391 e. The first-order chi connectivity index (χ1) is 52.9.